The van der Waals surface area contributed by atoms with Crippen molar-refractivity contribution >= 4 is 11.7 Å². The number of hydrogen-bond donors (Lipinski definition) is 0. The fourth-order valence-corrected chi connectivity index (χ4v) is 4.99. The first kappa shape index (κ1) is 14.9. The van der Waals surface area contributed by atoms with Gasteiger partial charge in [0.2, 0.25) is 5.91 Å². The number of hydrogen-bond acceptors (Lipinski definition) is 2. The van der Waals surface area contributed by atoms with Gasteiger partial charge in [-0.1, -0.05) is 24.3 Å². The Hall–Kier alpha value is -1.64. The van der Waals surface area contributed by atoms with Crippen LogP contribution in [0.5, 0.6) is 0 Å². The summed E-state index contributed by atoms with van der Waals surface area (Å²) in [6.45, 7) is 3.88. The summed E-state index contributed by atoms with van der Waals surface area (Å²) in [5, 5.41) is 0. The minimum Gasteiger partial charge on any atom is -0.342 e. The molecule has 0 radical (unpaired) electrons. The van der Waals surface area contributed by atoms with E-state index in [1.165, 1.54) is 11.1 Å². The molecule has 1 aromatic rings. The van der Waals surface area contributed by atoms with Crippen LogP contribution >= 0.6 is 0 Å². The van der Waals surface area contributed by atoms with Crippen LogP contribution < -0.4 is 0 Å². The minimum absolute atomic E-state index is 0.0980. The van der Waals surface area contributed by atoms with E-state index in [2.05, 4.69) is 36.1 Å². The number of nitrogens with zero attached hydrogens (tertiary/aromatic N) is 1. The number of aryl methyl sites for hydroxylation is 1. The summed E-state index contributed by atoms with van der Waals surface area (Å²) in [6.07, 6.45) is 4.70. The average Bonchev–Trinajstić information content (AvgIpc) is 3.09. The van der Waals surface area contributed by atoms with Crippen molar-refractivity contribution in [2.24, 2.45) is 17.8 Å². The lowest BCUT2D eigenvalue weighted by Gasteiger charge is -2.29. The highest BCUT2D eigenvalue weighted by Crippen LogP contribution is 2.43. The largest absolute Gasteiger partial charge is 0.342 e. The van der Waals surface area contributed by atoms with Gasteiger partial charge in [0.05, 0.1) is 0 Å². The molecule has 3 aliphatic rings. The maximum absolute atomic E-state index is 12.9. The second kappa shape index (κ2) is 5.77. The molecule has 1 amide bonds. The van der Waals surface area contributed by atoms with Gasteiger partial charge in [-0.25, -0.2) is 0 Å². The van der Waals surface area contributed by atoms with Gasteiger partial charge in [-0.05, 0) is 50.2 Å². The Kier molecular flexibility index (Phi) is 3.74. The normalized spacial score (nSPS) is 33.3. The summed E-state index contributed by atoms with van der Waals surface area (Å²) in [5.74, 6) is 1.68. The van der Waals surface area contributed by atoms with Crippen LogP contribution in [0.4, 0.5) is 0 Å². The zero-order valence-corrected chi connectivity index (χ0v) is 13.8. The standard InChI is InChI=1S/C20H25NO2/c1-13-4-2-3-5-18(13)16-8-9-21(12-16)20(23)17-10-14-6-7-15(11-17)19(14)22/h2-5,14-17H,6-12H2,1H3. The van der Waals surface area contributed by atoms with Crippen LogP contribution in [0.25, 0.3) is 0 Å². The number of rotatable bonds is 2. The Bertz CT molecular complexity index is 622. The van der Waals surface area contributed by atoms with E-state index in [0.29, 0.717) is 17.6 Å². The smallest absolute Gasteiger partial charge is 0.225 e. The third-order valence-corrected chi connectivity index (χ3v) is 6.28. The van der Waals surface area contributed by atoms with Gasteiger partial charge < -0.3 is 4.90 Å². The average molecular weight is 311 g/mol. The highest BCUT2D eigenvalue weighted by molar-refractivity contribution is 5.89. The summed E-state index contributed by atoms with van der Waals surface area (Å²) in [6, 6.07) is 8.53. The Morgan fingerprint density at radius 1 is 1.04 bits per heavy atom. The number of Topliss-reactive ketones (excluding diaryl/α,β-unsaturated/α-hetero) is 1. The van der Waals surface area contributed by atoms with Gasteiger partial charge in [-0.3, -0.25) is 9.59 Å². The second-order valence-electron chi connectivity index (χ2n) is 7.67. The molecule has 0 N–H and O–H groups in total. The molecule has 3 unspecified atom stereocenters. The molecular formula is C20H25NO2. The van der Waals surface area contributed by atoms with Crippen LogP contribution in [0.2, 0.25) is 0 Å². The molecule has 1 aliphatic heterocycles. The van der Waals surface area contributed by atoms with Crippen LogP contribution in [-0.4, -0.2) is 29.7 Å². The zero-order chi connectivity index (χ0) is 16.0. The molecule has 3 atom stereocenters. The summed E-state index contributed by atoms with van der Waals surface area (Å²) >= 11 is 0. The molecule has 1 heterocycles. The van der Waals surface area contributed by atoms with E-state index in [1.54, 1.807) is 0 Å². The van der Waals surface area contributed by atoms with Crippen molar-refractivity contribution in [1.82, 2.24) is 4.90 Å². The molecule has 23 heavy (non-hydrogen) atoms. The van der Waals surface area contributed by atoms with Crippen LogP contribution in [0.15, 0.2) is 24.3 Å². The van der Waals surface area contributed by atoms with Gasteiger partial charge >= 0.3 is 0 Å². The first-order valence-electron chi connectivity index (χ1n) is 9.01. The fraction of sp³-hybridized carbons (Fsp3) is 0.600. The monoisotopic (exact) mass is 311 g/mol. The summed E-state index contributed by atoms with van der Waals surface area (Å²) in [7, 11) is 0. The Morgan fingerprint density at radius 3 is 2.43 bits per heavy atom. The lowest BCUT2D eigenvalue weighted by atomic mass is 9.79. The number of carbonyl (C=O) groups excluding carboxylic acids is 2. The molecular weight excluding hydrogens is 286 g/mol. The van der Waals surface area contributed by atoms with Gasteiger partial charge in [-0.2, -0.15) is 0 Å². The lowest BCUT2D eigenvalue weighted by molar-refractivity contribution is -0.138. The van der Waals surface area contributed by atoms with E-state index in [0.717, 1.165) is 45.2 Å². The number of benzene rings is 1. The number of fused-ring (bicyclic) bond motifs is 2. The summed E-state index contributed by atoms with van der Waals surface area (Å²) < 4.78 is 0. The maximum atomic E-state index is 12.9. The predicted molar refractivity (Wildman–Crippen MR) is 89.1 cm³/mol. The molecule has 3 nitrogen and oxygen atoms in total. The summed E-state index contributed by atoms with van der Waals surface area (Å²) in [5.41, 5.74) is 2.72. The van der Waals surface area contributed by atoms with Crippen LogP contribution in [0.1, 0.15) is 49.1 Å². The van der Waals surface area contributed by atoms with Gasteiger partial charge in [-0.15, -0.1) is 0 Å². The molecule has 3 heteroatoms. The first-order chi connectivity index (χ1) is 11.1. The summed E-state index contributed by atoms with van der Waals surface area (Å²) in [4.78, 5) is 27.0. The van der Waals surface area contributed by atoms with Crippen molar-refractivity contribution in [3.8, 4) is 0 Å². The second-order valence-corrected chi connectivity index (χ2v) is 7.67. The molecule has 2 bridgehead atoms. The van der Waals surface area contributed by atoms with Gasteiger partial charge in [0.1, 0.15) is 5.78 Å². The number of likely N-dealkylation sites (tertiary alicyclic amines) is 1. The molecule has 0 aromatic heterocycles. The SMILES string of the molecule is Cc1ccccc1C1CCN(C(=O)C2CC3CCC(C2)C3=O)C1. The molecule has 122 valence electrons. The zero-order valence-electron chi connectivity index (χ0n) is 13.8. The van der Waals surface area contributed by atoms with Crippen molar-refractivity contribution in [2.45, 2.75) is 44.9 Å². The molecule has 1 saturated heterocycles. The number of amides is 1. The van der Waals surface area contributed by atoms with E-state index < -0.39 is 0 Å². The minimum atomic E-state index is 0.0980. The maximum Gasteiger partial charge on any atom is 0.225 e. The highest BCUT2D eigenvalue weighted by atomic mass is 16.2. The van der Waals surface area contributed by atoms with Crippen LogP contribution in [-0.2, 0) is 9.59 Å². The molecule has 2 saturated carbocycles. The van der Waals surface area contributed by atoms with Crippen molar-refractivity contribution in [2.75, 3.05) is 13.1 Å². The van der Waals surface area contributed by atoms with Crippen molar-refractivity contribution in [3.63, 3.8) is 0 Å². The predicted octanol–water partition coefficient (Wildman–Crippen LogP) is 3.32. The number of carbonyl (C=O) groups is 2. The third kappa shape index (κ3) is 2.60. The van der Waals surface area contributed by atoms with E-state index in [1.807, 2.05) is 0 Å². The van der Waals surface area contributed by atoms with Gasteiger partial charge in [0, 0.05) is 36.8 Å². The van der Waals surface area contributed by atoms with Crippen molar-refractivity contribution in [1.29, 1.82) is 0 Å². The highest BCUT2D eigenvalue weighted by Gasteiger charge is 2.45. The molecule has 2 aliphatic carbocycles. The van der Waals surface area contributed by atoms with E-state index >= 15 is 0 Å². The Labute approximate surface area is 138 Å². The molecule has 1 aromatic carbocycles. The van der Waals surface area contributed by atoms with E-state index in [-0.39, 0.29) is 17.8 Å². The quantitative estimate of drug-likeness (QED) is 0.840. The molecule has 4 rings (SSSR count). The Morgan fingerprint density at radius 2 is 1.74 bits per heavy atom. The lowest BCUT2D eigenvalue weighted by Crippen LogP contribution is -2.39. The van der Waals surface area contributed by atoms with Gasteiger partial charge in [0.15, 0.2) is 0 Å². The van der Waals surface area contributed by atoms with Gasteiger partial charge in [0.25, 0.3) is 0 Å². The molecule has 0 spiro atoms. The van der Waals surface area contributed by atoms with E-state index in [4.69, 9.17) is 0 Å². The number of ketones is 1. The van der Waals surface area contributed by atoms with Crippen LogP contribution in [0, 0.1) is 24.7 Å². The first-order valence-corrected chi connectivity index (χ1v) is 9.01. The Balaban J connectivity index is 1.43. The third-order valence-electron chi connectivity index (χ3n) is 6.28. The van der Waals surface area contributed by atoms with Crippen molar-refractivity contribution < 1.29 is 9.59 Å². The van der Waals surface area contributed by atoms with Crippen LogP contribution in [0.3, 0.4) is 0 Å². The van der Waals surface area contributed by atoms with E-state index in [9.17, 15) is 9.59 Å². The van der Waals surface area contributed by atoms with Crippen molar-refractivity contribution in [3.05, 3.63) is 35.4 Å². The fourth-order valence-electron chi connectivity index (χ4n) is 4.99. The topological polar surface area (TPSA) is 37.4 Å². The molecule has 3 fully saturated rings.